The van der Waals surface area contributed by atoms with Gasteiger partial charge in [-0.15, -0.1) is 11.3 Å². The van der Waals surface area contributed by atoms with Crippen LogP contribution in [-0.4, -0.2) is 15.8 Å². The summed E-state index contributed by atoms with van der Waals surface area (Å²) in [7, 11) is 0. The zero-order valence-corrected chi connectivity index (χ0v) is 11.8. The van der Waals surface area contributed by atoms with Crippen molar-refractivity contribution in [3.05, 3.63) is 50.5 Å². The second-order valence-corrected chi connectivity index (χ2v) is 5.05. The molecule has 0 spiro atoms. The van der Waals surface area contributed by atoms with Crippen molar-refractivity contribution in [2.45, 2.75) is 13.1 Å². The zero-order chi connectivity index (χ0) is 16.5. The number of benzene rings is 1. The van der Waals surface area contributed by atoms with Gasteiger partial charge < -0.3 is 0 Å². The van der Waals surface area contributed by atoms with E-state index in [1.807, 2.05) is 0 Å². The van der Waals surface area contributed by atoms with E-state index in [9.17, 15) is 28.1 Å². The lowest BCUT2D eigenvalue weighted by molar-refractivity contribution is -0.385. The van der Waals surface area contributed by atoms with Crippen molar-refractivity contribution in [3.8, 4) is 0 Å². The molecule has 0 saturated carbocycles. The molecule has 0 aliphatic heterocycles. The summed E-state index contributed by atoms with van der Waals surface area (Å²) in [5.74, 6) is -0.760. The van der Waals surface area contributed by atoms with Gasteiger partial charge in [-0.25, -0.2) is 4.98 Å². The molecule has 22 heavy (non-hydrogen) atoms. The first-order chi connectivity index (χ1) is 10.2. The predicted molar refractivity (Wildman–Crippen MR) is 72.9 cm³/mol. The fourth-order valence-electron chi connectivity index (χ4n) is 1.69. The highest BCUT2D eigenvalue weighted by atomic mass is 32.1. The minimum Gasteiger partial charge on any atom is -0.298 e. The highest BCUT2D eigenvalue weighted by molar-refractivity contribution is 7.14. The minimum atomic E-state index is -4.60. The van der Waals surface area contributed by atoms with E-state index in [1.54, 1.807) is 0 Å². The van der Waals surface area contributed by atoms with E-state index in [0.29, 0.717) is 11.3 Å². The monoisotopic (exact) mass is 331 g/mol. The predicted octanol–water partition coefficient (Wildman–Crippen LogP) is 3.63. The van der Waals surface area contributed by atoms with Crippen molar-refractivity contribution in [1.82, 2.24) is 4.98 Å². The van der Waals surface area contributed by atoms with Gasteiger partial charge in [-0.05, 0) is 13.0 Å². The van der Waals surface area contributed by atoms with Gasteiger partial charge in [0.2, 0.25) is 0 Å². The molecular formula is C12H8F3N3O3S. The molecule has 0 radical (unpaired) electrons. The van der Waals surface area contributed by atoms with Gasteiger partial charge in [0, 0.05) is 22.6 Å². The Morgan fingerprint density at radius 1 is 1.41 bits per heavy atom. The Morgan fingerprint density at radius 2 is 2.09 bits per heavy atom. The van der Waals surface area contributed by atoms with Gasteiger partial charge in [0.1, 0.15) is 0 Å². The fourth-order valence-corrected chi connectivity index (χ4v) is 2.41. The van der Waals surface area contributed by atoms with Gasteiger partial charge in [-0.3, -0.25) is 20.2 Å². The van der Waals surface area contributed by atoms with E-state index in [-0.39, 0.29) is 21.9 Å². The van der Waals surface area contributed by atoms with Gasteiger partial charge in [0.15, 0.2) is 10.8 Å². The normalized spacial score (nSPS) is 11.3. The molecule has 1 N–H and O–H groups in total. The summed E-state index contributed by atoms with van der Waals surface area (Å²) in [4.78, 5) is 25.4. The van der Waals surface area contributed by atoms with Crippen molar-refractivity contribution in [1.29, 1.82) is 0 Å². The van der Waals surface area contributed by atoms with Crippen molar-refractivity contribution in [3.63, 3.8) is 0 Å². The number of amides is 1. The van der Waals surface area contributed by atoms with Gasteiger partial charge in [0.05, 0.1) is 4.92 Å². The van der Waals surface area contributed by atoms with Gasteiger partial charge in [-0.1, -0.05) is 6.07 Å². The average molecular weight is 331 g/mol. The van der Waals surface area contributed by atoms with Crippen LogP contribution in [0, 0.1) is 17.0 Å². The van der Waals surface area contributed by atoms with E-state index < -0.39 is 22.7 Å². The van der Waals surface area contributed by atoms with Crippen LogP contribution >= 0.6 is 11.3 Å². The standard InChI is InChI=1S/C12H8F3N3O3S/c1-6-7(3-2-4-8(6)18(20)21)10(19)17-11-16-9(5-22-11)12(13,14)15/h2-5H,1H3,(H,16,17,19). The molecule has 0 bridgehead atoms. The summed E-state index contributed by atoms with van der Waals surface area (Å²) in [6.07, 6.45) is -4.60. The summed E-state index contributed by atoms with van der Waals surface area (Å²) in [6.45, 7) is 1.38. The Hall–Kier alpha value is -2.49. The lowest BCUT2D eigenvalue weighted by Gasteiger charge is -2.06. The molecule has 0 aliphatic carbocycles. The molecular weight excluding hydrogens is 323 g/mol. The number of alkyl halides is 3. The molecule has 1 aromatic carbocycles. The summed E-state index contributed by atoms with van der Waals surface area (Å²) >= 11 is 0.619. The first-order valence-electron chi connectivity index (χ1n) is 5.78. The number of hydrogen-bond donors (Lipinski definition) is 1. The molecule has 1 amide bonds. The second kappa shape index (κ2) is 5.72. The molecule has 0 saturated heterocycles. The number of carbonyl (C=O) groups is 1. The summed E-state index contributed by atoms with van der Waals surface area (Å²) in [5.41, 5.74) is -1.23. The van der Waals surface area contributed by atoms with Crippen molar-refractivity contribution < 1.29 is 22.9 Å². The number of halogens is 3. The van der Waals surface area contributed by atoms with Gasteiger partial charge in [0.25, 0.3) is 11.6 Å². The van der Waals surface area contributed by atoms with Crippen LogP contribution in [0.25, 0.3) is 0 Å². The second-order valence-electron chi connectivity index (χ2n) is 4.20. The molecule has 0 atom stereocenters. The van der Waals surface area contributed by atoms with Crippen LogP contribution in [0.1, 0.15) is 21.6 Å². The number of rotatable bonds is 3. The van der Waals surface area contributed by atoms with E-state index in [2.05, 4.69) is 10.3 Å². The largest absolute Gasteiger partial charge is 0.434 e. The number of nitro groups is 1. The lowest BCUT2D eigenvalue weighted by atomic mass is 10.1. The molecule has 1 heterocycles. The molecule has 116 valence electrons. The van der Waals surface area contributed by atoms with Crippen LogP contribution in [0.15, 0.2) is 23.6 Å². The first-order valence-corrected chi connectivity index (χ1v) is 6.66. The summed E-state index contributed by atoms with van der Waals surface area (Å²) in [6, 6.07) is 3.90. The number of hydrogen-bond acceptors (Lipinski definition) is 5. The Morgan fingerprint density at radius 3 is 2.64 bits per heavy atom. The third-order valence-corrected chi connectivity index (χ3v) is 3.52. The van der Waals surface area contributed by atoms with E-state index in [0.717, 1.165) is 5.38 Å². The molecule has 1 aromatic heterocycles. The SMILES string of the molecule is Cc1c(C(=O)Nc2nc(C(F)(F)F)cs2)cccc1[N+](=O)[O-]. The Bertz CT molecular complexity index is 743. The maximum Gasteiger partial charge on any atom is 0.434 e. The quantitative estimate of drug-likeness (QED) is 0.687. The molecule has 10 heteroatoms. The molecule has 0 fully saturated rings. The first kappa shape index (κ1) is 15.9. The van der Waals surface area contributed by atoms with Crippen molar-refractivity contribution in [2.24, 2.45) is 0 Å². The smallest absolute Gasteiger partial charge is 0.298 e. The van der Waals surface area contributed by atoms with Crippen molar-refractivity contribution >= 4 is 28.1 Å². The number of carbonyl (C=O) groups excluding carboxylic acids is 1. The molecule has 2 aromatic rings. The fraction of sp³-hybridized carbons (Fsp3) is 0.167. The molecule has 0 unspecified atom stereocenters. The summed E-state index contributed by atoms with van der Waals surface area (Å²) in [5, 5.41) is 13.6. The molecule has 0 aliphatic rings. The third-order valence-electron chi connectivity index (χ3n) is 2.76. The van der Waals surface area contributed by atoms with Crippen LogP contribution in [-0.2, 0) is 6.18 Å². The Labute approximate surface area is 125 Å². The lowest BCUT2D eigenvalue weighted by Crippen LogP contribution is -2.14. The number of aromatic nitrogens is 1. The highest BCUT2D eigenvalue weighted by Crippen LogP contribution is 2.32. The Kier molecular flexibility index (Phi) is 4.13. The van der Waals surface area contributed by atoms with Crippen LogP contribution < -0.4 is 5.32 Å². The summed E-state index contributed by atoms with van der Waals surface area (Å²) < 4.78 is 37.3. The van der Waals surface area contributed by atoms with E-state index in [1.165, 1.54) is 25.1 Å². The maximum absolute atomic E-state index is 12.4. The molecule has 2 rings (SSSR count). The van der Waals surface area contributed by atoms with Crippen molar-refractivity contribution in [2.75, 3.05) is 5.32 Å². The average Bonchev–Trinajstić information content (AvgIpc) is 2.86. The topological polar surface area (TPSA) is 85.1 Å². The van der Waals surface area contributed by atoms with Gasteiger partial charge in [-0.2, -0.15) is 13.2 Å². The highest BCUT2D eigenvalue weighted by Gasteiger charge is 2.34. The van der Waals surface area contributed by atoms with Crippen LogP contribution in [0.4, 0.5) is 24.0 Å². The minimum absolute atomic E-state index is 0.00189. The number of thiazole rings is 1. The van der Waals surface area contributed by atoms with E-state index >= 15 is 0 Å². The van der Waals surface area contributed by atoms with Crippen LogP contribution in [0.5, 0.6) is 0 Å². The Balaban J connectivity index is 2.25. The molecule has 6 nitrogen and oxygen atoms in total. The van der Waals surface area contributed by atoms with Crippen LogP contribution in [0.3, 0.4) is 0 Å². The number of nitrogens with zero attached hydrogens (tertiary/aromatic N) is 2. The van der Waals surface area contributed by atoms with Crippen LogP contribution in [0.2, 0.25) is 0 Å². The van der Waals surface area contributed by atoms with E-state index in [4.69, 9.17) is 0 Å². The third kappa shape index (κ3) is 3.22. The number of anilines is 1. The number of nitrogens with one attached hydrogen (secondary N) is 1. The van der Waals surface area contributed by atoms with Gasteiger partial charge >= 0.3 is 6.18 Å². The number of nitro benzene ring substituents is 1. The maximum atomic E-state index is 12.4. The zero-order valence-electron chi connectivity index (χ0n) is 11.0.